The summed E-state index contributed by atoms with van der Waals surface area (Å²) in [4.78, 5) is 0. The summed E-state index contributed by atoms with van der Waals surface area (Å²) in [6, 6.07) is 6.55. The van der Waals surface area contributed by atoms with Crippen molar-refractivity contribution in [3.8, 4) is 0 Å². The Labute approximate surface area is 94.6 Å². The molecule has 0 aromatic heterocycles. The second-order valence-corrected chi connectivity index (χ2v) is 3.69. The minimum Gasteiger partial charge on any atom is -0.383 e. The minimum atomic E-state index is -2.83. The van der Waals surface area contributed by atoms with E-state index in [1.165, 1.54) is 6.07 Å². The van der Waals surface area contributed by atoms with Crippen LogP contribution in [0.5, 0.6) is 0 Å². The van der Waals surface area contributed by atoms with E-state index >= 15 is 0 Å². The predicted molar refractivity (Wildman–Crippen MR) is 59.8 cm³/mol. The molecule has 1 rings (SSSR count). The monoisotopic (exact) mass is 229 g/mol. The highest BCUT2D eigenvalue weighted by Crippen LogP contribution is 2.29. The smallest absolute Gasteiger partial charge is 0.285 e. The van der Waals surface area contributed by atoms with Crippen LogP contribution in [0.1, 0.15) is 11.1 Å². The second kappa shape index (κ2) is 5.92. The molecule has 2 nitrogen and oxygen atoms in total. The van der Waals surface area contributed by atoms with Gasteiger partial charge in [0, 0.05) is 19.2 Å². The third kappa shape index (κ3) is 3.54. The average Bonchev–Trinajstić information content (AvgIpc) is 2.25. The molecule has 4 heteroatoms. The summed E-state index contributed by atoms with van der Waals surface area (Å²) in [6.45, 7) is 2.20. The molecule has 0 amide bonds. The fourth-order valence-corrected chi connectivity index (χ4v) is 1.50. The van der Waals surface area contributed by atoms with Crippen LogP contribution >= 0.6 is 0 Å². The van der Waals surface area contributed by atoms with Crippen LogP contribution in [0.3, 0.4) is 0 Å². The van der Waals surface area contributed by atoms with E-state index in [1.54, 1.807) is 32.2 Å². The van der Waals surface area contributed by atoms with Crippen molar-refractivity contribution < 1.29 is 13.5 Å². The van der Waals surface area contributed by atoms with Gasteiger partial charge in [-0.3, -0.25) is 0 Å². The number of benzene rings is 1. The third-order valence-electron chi connectivity index (χ3n) is 2.37. The summed E-state index contributed by atoms with van der Waals surface area (Å²) < 4.78 is 32.3. The van der Waals surface area contributed by atoms with Gasteiger partial charge in [0.25, 0.3) is 5.92 Å². The van der Waals surface area contributed by atoms with Gasteiger partial charge in [0.2, 0.25) is 0 Å². The molecule has 0 unspecified atom stereocenters. The molecule has 0 aliphatic carbocycles. The first-order valence-corrected chi connectivity index (χ1v) is 5.21. The summed E-state index contributed by atoms with van der Waals surface area (Å²) in [6.07, 6.45) is 0. The van der Waals surface area contributed by atoms with Crippen molar-refractivity contribution in [2.24, 2.45) is 0 Å². The zero-order valence-corrected chi connectivity index (χ0v) is 9.59. The Hall–Kier alpha value is -1.00. The van der Waals surface area contributed by atoms with Crippen molar-refractivity contribution in [2.45, 2.75) is 12.8 Å². The van der Waals surface area contributed by atoms with Gasteiger partial charge in [-0.15, -0.1) is 0 Å². The Morgan fingerprint density at radius 2 is 2.00 bits per heavy atom. The van der Waals surface area contributed by atoms with E-state index in [9.17, 15) is 8.78 Å². The largest absolute Gasteiger partial charge is 0.383 e. The first-order valence-electron chi connectivity index (χ1n) is 5.21. The molecule has 0 atom stereocenters. The fraction of sp³-hybridized carbons (Fsp3) is 0.500. The summed E-state index contributed by atoms with van der Waals surface area (Å²) >= 11 is 0. The number of methoxy groups -OCH3 is 1. The lowest BCUT2D eigenvalue weighted by Gasteiger charge is -2.19. The van der Waals surface area contributed by atoms with Crippen molar-refractivity contribution in [1.82, 2.24) is 5.32 Å². The van der Waals surface area contributed by atoms with Gasteiger partial charge in [-0.1, -0.05) is 24.3 Å². The van der Waals surface area contributed by atoms with Crippen molar-refractivity contribution in [3.63, 3.8) is 0 Å². The Morgan fingerprint density at radius 1 is 1.31 bits per heavy atom. The molecule has 0 heterocycles. The molecule has 16 heavy (non-hydrogen) atoms. The molecular formula is C12H17F2NO. The van der Waals surface area contributed by atoms with E-state index in [-0.39, 0.29) is 12.1 Å². The van der Waals surface area contributed by atoms with E-state index in [0.29, 0.717) is 18.7 Å². The van der Waals surface area contributed by atoms with Gasteiger partial charge in [0.1, 0.15) is 0 Å². The number of ether oxygens (including phenoxy) is 1. The van der Waals surface area contributed by atoms with Gasteiger partial charge in [0.15, 0.2) is 0 Å². The summed E-state index contributed by atoms with van der Waals surface area (Å²) in [5, 5.41) is 2.68. The highest BCUT2D eigenvalue weighted by molar-refractivity contribution is 5.29. The van der Waals surface area contributed by atoms with Gasteiger partial charge in [0.05, 0.1) is 13.2 Å². The van der Waals surface area contributed by atoms with Gasteiger partial charge in [-0.25, -0.2) is 0 Å². The van der Waals surface area contributed by atoms with Crippen molar-refractivity contribution in [1.29, 1.82) is 0 Å². The Balaban J connectivity index is 2.59. The number of nitrogens with one attached hydrogen (secondary N) is 1. The number of halogens is 2. The van der Waals surface area contributed by atoms with Crippen LogP contribution in [0.25, 0.3) is 0 Å². The highest BCUT2D eigenvalue weighted by Gasteiger charge is 2.32. The fourth-order valence-electron chi connectivity index (χ4n) is 1.50. The predicted octanol–water partition coefficient (Wildman–Crippen LogP) is 2.32. The third-order valence-corrected chi connectivity index (χ3v) is 2.37. The average molecular weight is 229 g/mol. The number of hydrogen-bond donors (Lipinski definition) is 1. The van der Waals surface area contributed by atoms with Crippen molar-refractivity contribution in [3.05, 3.63) is 35.4 Å². The topological polar surface area (TPSA) is 21.3 Å². The van der Waals surface area contributed by atoms with Gasteiger partial charge >= 0.3 is 0 Å². The highest BCUT2D eigenvalue weighted by atomic mass is 19.3. The normalized spacial score (nSPS) is 11.8. The molecule has 0 bridgehead atoms. The zero-order valence-electron chi connectivity index (χ0n) is 9.59. The van der Waals surface area contributed by atoms with Crippen LogP contribution in [0, 0.1) is 6.92 Å². The molecule has 0 saturated heterocycles. The lowest BCUT2D eigenvalue weighted by molar-refractivity contribution is -0.00474. The summed E-state index contributed by atoms with van der Waals surface area (Å²) in [7, 11) is 1.54. The number of aryl methyl sites for hydroxylation is 1. The van der Waals surface area contributed by atoms with Gasteiger partial charge in [-0.2, -0.15) is 8.78 Å². The van der Waals surface area contributed by atoms with Gasteiger partial charge < -0.3 is 10.1 Å². The van der Waals surface area contributed by atoms with Crippen LogP contribution in [-0.2, 0) is 10.7 Å². The van der Waals surface area contributed by atoms with E-state index in [0.717, 1.165) is 0 Å². The molecule has 0 aliphatic rings. The molecule has 0 saturated carbocycles. The maximum absolute atomic E-state index is 13.7. The standard InChI is InChI=1S/C12H17F2NO/c1-10-5-3-4-6-11(10)12(13,14)9-15-7-8-16-2/h3-6,15H,7-9H2,1-2H3. The molecular weight excluding hydrogens is 212 g/mol. The minimum absolute atomic E-state index is 0.0833. The van der Waals surface area contributed by atoms with E-state index in [2.05, 4.69) is 5.32 Å². The molecule has 0 spiro atoms. The molecule has 0 aliphatic heterocycles. The number of hydrogen-bond acceptors (Lipinski definition) is 2. The zero-order chi connectivity index (χ0) is 12.0. The van der Waals surface area contributed by atoms with Crippen LogP contribution in [0.4, 0.5) is 8.78 Å². The molecule has 1 N–H and O–H groups in total. The van der Waals surface area contributed by atoms with E-state index < -0.39 is 5.92 Å². The Morgan fingerprint density at radius 3 is 2.62 bits per heavy atom. The molecule has 1 aromatic carbocycles. The van der Waals surface area contributed by atoms with Crippen LogP contribution in [0.2, 0.25) is 0 Å². The number of alkyl halides is 2. The SMILES string of the molecule is COCCNCC(F)(F)c1ccccc1C. The van der Waals surface area contributed by atoms with Gasteiger partial charge in [-0.05, 0) is 12.5 Å². The van der Waals surface area contributed by atoms with Crippen LogP contribution in [-0.4, -0.2) is 26.8 Å². The maximum Gasteiger partial charge on any atom is 0.285 e. The molecule has 1 aromatic rings. The van der Waals surface area contributed by atoms with Crippen LogP contribution < -0.4 is 5.32 Å². The van der Waals surface area contributed by atoms with E-state index in [1.807, 2.05) is 0 Å². The Bertz CT molecular complexity index is 329. The van der Waals surface area contributed by atoms with E-state index in [4.69, 9.17) is 4.74 Å². The molecule has 90 valence electrons. The second-order valence-electron chi connectivity index (χ2n) is 3.69. The van der Waals surface area contributed by atoms with Crippen molar-refractivity contribution in [2.75, 3.05) is 26.8 Å². The first kappa shape index (κ1) is 13.1. The first-order chi connectivity index (χ1) is 7.58. The molecule has 0 fully saturated rings. The van der Waals surface area contributed by atoms with Crippen LogP contribution in [0.15, 0.2) is 24.3 Å². The maximum atomic E-state index is 13.7. The summed E-state index contributed by atoms with van der Waals surface area (Å²) in [5.74, 6) is -2.83. The summed E-state index contributed by atoms with van der Waals surface area (Å²) in [5.41, 5.74) is 0.695. The number of rotatable bonds is 6. The lowest BCUT2D eigenvalue weighted by atomic mass is 10.0. The van der Waals surface area contributed by atoms with Crippen molar-refractivity contribution >= 4 is 0 Å². The molecule has 0 radical (unpaired) electrons. The lowest BCUT2D eigenvalue weighted by Crippen LogP contribution is -2.33. The quantitative estimate of drug-likeness (QED) is 0.756. The Kier molecular flexibility index (Phi) is 4.83.